The molecule has 2 unspecified atom stereocenters. The number of rotatable bonds is 8. The maximum absolute atomic E-state index is 12.1. The van der Waals surface area contributed by atoms with Crippen molar-refractivity contribution in [3.05, 3.63) is 22.4 Å². The molecule has 0 aliphatic carbocycles. The number of thiophene rings is 1. The Bertz CT molecular complexity index is 387. The third-order valence-electron chi connectivity index (χ3n) is 2.61. The van der Waals surface area contributed by atoms with Gasteiger partial charge in [-0.15, -0.1) is 11.3 Å². The molecule has 3 N–H and O–H groups in total. The van der Waals surface area contributed by atoms with E-state index < -0.39 is 12.0 Å². The molecular weight excluding hydrogens is 254 g/mol. The van der Waals surface area contributed by atoms with Crippen molar-refractivity contribution in [3.8, 4) is 0 Å². The Kier molecular flexibility index (Phi) is 5.97. The Labute approximate surface area is 109 Å². The van der Waals surface area contributed by atoms with E-state index in [1.54, 1.807) is 17.5 Å². The Morgan fingerprint density at radius 1 is 1.50 bits per heavy atom. The molecule has 6 heteroatoms. The summed E-state index contributed by atoms with van der Waals surface area (Å²) >= 11 is 1.28. The van der Waals surface area contributed by atoms with Crippen molar-refractivity contribution in [3.63, 3.8) is 0 Å². The van der Waals surface area contributed by atoms with Gasteiger partial charge in [0.25, 0.3) is 0 Å². The molecule has 0 radical (unpaired) electrons. The average molecular weight is 271 g/mol. The highest BCUT2D eigenvalue weighted by Crippen LogP contribution is 2.13. The zero-order valence-corrected chi connectivity index (χ0v) is 10.9. The van der Waals surface area contributed by atoms with Crippen molar-refractivity contribution in [2.24, 2.45) is 0 Å². The Balaban J connectivity index is 2.77. The first kappa shape index (κ1) is 14.8. The van der Waals surface area contributed by atoms with E-state index in [0.29, 0.717) is 11.3 Å². The van der Waals surface area contributed by atoms with Crippen LogP contribution in [0.4, 0.5) is 0 Å². The van der Waals surface area contributed by atoms with Crippen molar-refractivity contribution in [2.45, 2.75) is 31.8 Å². The molecule has 2 atom stereocenters. The van der Waals surface area contributed by atoms with Crippen molar-refractivity contribution < 1.29 is 19.8 Å². The van der Waals surface area contributed by atoms with Crippen LogP contribution in [-0.2, 0) is 4.79 Å². The van der Waals surface area contributed by atoms with Crippen molar-refractivity contribution >= 4 is 23.1 Å². The van der Waals surface area contributed by atoms with Crippen LogP contribution in [0.5, 0.6) is 0 Å². The maximum atomic E-state index is 12.1. The summed E-state index contributed by atoms with van der Waals surface area (Å²) in [5, 5.41) is 22.6. The molecular formula is C12H17NO4S. The molecule has 100 valence electrons. The standard InChI is InChI=1S/C12H17NO4S/c1-2-8(7-14)13-9(6-11(15)16)12(17)10-4-3-5-18-10/h3-5,8-9,13-14H,2,6-7H2,1H3,(H,15,16). The second-order valence-electron chi connectivity index (χ2n) is 3.95. The third-order valence-corrected chi connectivity index (χ3v) is 3.49. The van der Waals surface area contributed by atoms with E-state index in [4.69, 9.17) is 10.2 Å². The molecule has 0 aliphatic rings. The van der Waals surface area contributed by atoms with Crippen LogP contribution in [0.2, 0.25) is 0 Å². The van der Waals surface area contributed by atoms with Gasteiger partial charge in [-0.2, -0.15) is 0 Å². The highest BCUT2D eigenvalue weighted by atomic mass is 32.1. The molecule has 1 heterocycles. The van der Waals surface area contributed by atoms with Gasteiger partial charge in [0.1, 0.15) is 0 Å². The second-order valence-corrected chi connectivity index (χ2v) is 4.89. The number of carboxylic acids is 1. The first-order valence-corrected chi connectivity index (χ1v) is 6.62. The molecule has 0 aromatic carbocycles. The molecule has 5 nitrogen and oxygen atoms in total. The van der Waals surface area contributed by atoms with E-state index in [1.807, 2.05) is 6.92 Å². The van der Waals surface area contributed by atoms with E-state index in [0.717, 1.165) is 0 Å². The molecule has 0 saturated heterocycles. The number of aliphatic hydroxyl groups excluding tert-OH is 1. The van der Waals surface area contributed by atoms with Crippen LogP contribution in [-0.4, -0.2) is 40.7 Å². The zero-order chi connectivity index (χ0) is 13.5. The second kappa shape index (κ2) is 7.25. The molecule has 0 fully saturated rings. The summed E-state index contributed by atoms with van der Waals surface area (Å²) in [6.45, 7) is 1.74. The Morgan fingerprint density at radius 3 is 2.67 bits per heavy atom. The molecule has 1 aromatic heterocycles. The molecule has 0 bridgehead atoms. The van der Waals surface area contributed by atoms with Gasteiger partial charge in [-0.05, 0) is 17.9 Å². The summed E-state index contributed by atoms with van der Waals surface area (Å²) in [5.74, 6) is -1.27. The first-order chi connectivity index (χ1) is 8.58. The predicted octanol–water partition coefficient (Wildman–Crippen LogP) is 1.13. The number of hydrogen-bond acceptors (Lipinski definition) is 5. The van der Waals surface area contributed by atoms with E-state index in [1.165, 1.54) is 11.3 Å². The summed E-state index contributed by atoms with van der Waals surface area (Å²) in [7, 11) is 0. The summed E-state index contributed by atoms with van der Waals surface area (Å²) in [6.07, 6.45) is 0.345. The number of Topliss-reactive ketones (excluding diaryl/α,β-unsaturated/α-hetero) is 1. The molecule has 1 rings (SSSR count). The van der Waals surface area contributed by atoms with Gasteiger partial charge in [0.2, 0.25) is 0 Å². The fourth-order valence-corrected chi connectivity index (χ4v) is 2.30. The highest BCUT2D eigenvalue weighted by molar-refractivity contribution is 7.12. The highest BCUT2D eigenvalue weighted by Gasteiger charge is 2.25. The van der Waals surface area contributed by atoms with Gasteiger partial charge in [0.05, 0.1) is 23.9 Å². The summed E-state index contributed by atoms with van der Waals surface area (Å²) in [6, 6.07) is 2.36. The van der Waals surface area contributed by atoms with Crippen LogP contribution < -0.4 is 5.32 Å². The lowest BCUT2D eigenvalue weighted by Gasteiger charge is -2.21. The topological polar surface area (TPSA) is 86.6 Å². The van der Waals surface area contributed by atoms with Gasteiger partial charge in [0.15, 0.2) is 5.78 Å². The van der Waals surface area contributed by atoms with Crippen LogP contribution in [0.15, 0.2) is 17.5 Å². The van der Waals surface area contributed by atoms with Gasteiger partial charge < -0.3 is 15.5 Å². The zero-order valence-electron chi connectivity index (χ0n) is 10.1. The van der Waals surface area contributed by atoms with Crippen molar-refractivity contribution in [2.75, 3.05) is 6.61 Å². The molecule has 18 heavy (non-hydrogen) atoms. The van der Waals surface area contributed by atoms with Crippen LogP contribution in [0.3, 0.4) is 0 Å². The number of carbonyl (C=O) groups is 2. The molecule has 0 saturated carbocycles. The number of carboxylic acid groups (broad SMARTS) is 1. The first-order valence-electron chi connectivity index (χ1n) is 5.74. The van der Waals surface area contributed by atoms with Gasteiger partial charge in [-0.25, -0.2) is 0 Å². The fraction of sp³-hybridized carbons (Fsp3) is 0.500. The van der Waals surface area contributed by atoms with Gasteiger partial charge in [-0.1, -0.05) is 13.0 Å². The molecule has 0 amide bonds. The van der Waals surface area contributed by atoms with Gasteiger partial charge in [-0.3, -0.25) is 9.59 Å². The maximum Gasteiger partial charge on any atom is 0.305 e. The van der Waals surface area contributed by atoms with E-state index >= 15 is 0 Å². The van der Waals surface area contributed by atoms with Gasteiger partial charge in [0, 0.05) is 6.04 Å². The van der Waals surface area contributed by atoms with Crippen LogP contribution in [0.25, 0.3) is 0 Å². The quantitative estimate of drug-likeness (QED) is 0.617. The lowest BCUT2D eigenvalue weighted by atomic mass is 10.1. The Hall–Kier alpha value is -1.24. The number of aliphatic hydroxyl groups is 1. The molecule has 0 aliphatic heterocycles. The fourth-order valence-electron chi connectivity index (χ4n) is 1.58. The number of carbonyl (C=O) groups excluding carboxylic acids is 1. The molecule has 1 aromatic rings. The van der Waals surface area contributed by atoms with E-state index in [9.17, 15) is 9.59 Å². The normalized spacial score (nSPS) is 14.1. The number of ketones is 1. The van der Waals surface area contributed by atoms with E-state index in [2.05, 4.69) is 5.32 Å². The smallest absolute Gasteiger partial charge is 0.305 e. The minimum absolute atomic E-state index is 0.121. The Morgan fingerprint density at radius 2 is 2.22 bits per heavy atom. The van der Waals surface area contributed by atoms with E-state index in [-0.39, 0.29) is 24.9 Å². The predicted molar refractivity (Wildman–Crippen MR) is 69.0 cm³/mol. The summed E-state index contributed by atoms with van der Waals surface area (Å²) in [4.78, 5) is 23.4. The van der Waals surface area contributed by atoms with Crippen molar-refractivity contribution in [1.82, 2.24) is 5.32 Å². The number of nitrogens with one attached hydrogen (secondary N) is 1. The summed E-state index contributed by atoms with van der Waals surface area (Å²) < 4.78 is 0. The molecule has 0 spiro atoms. The third kappa shape index (κ3) is 4.21. The number of aliphatic carboxylic acids is 1. The van der Waals surface area contributed by atoms with Crippen LogP contribution >= 0.6 is 11.3 Å². The van der Waals surface area contributed by atoms with Crippen LogP contribution in [0, 0.1) is 0 Å². The van der Waals surface area contributed by atoms with Gasteiger partial charge >= 0.3 is 5.97 Å². The number of hydrogen-bond donors (Lipinski definition) is 3. The SMILES string of the molecule is CCC(CO)NC(CC(=O)O)C(=O)c1cccs1. The largest absolute Gasteiger partial charge is 0.481 e. The lowest BCUT2D eigenvalue weighted by molar-refractivity contribution is -0.137. The summed E-state index contributed by atoms with van der Waals surface area (Å²) in [5.41, 5.74) is 0. The average Bonchev–Trinajstić information content (AvgIpc) is 2.86. The van der Waals surface area contributed by atoms with Crippen molar-refractivity contribution in [1.29, 1.82) is 0 Å². The monoisotopic (exact) mass is 271 g/mol. The minimum Gasteiger partial charge on any atom is -0.481 e. The lowest BCUT2D eigenvalue weighted by Crippen LogP contribution is -2.45. The van der Waals surface area contributed by atoms with Crippen LogP contribution in [0.1, 0.15) is 29.4 Å². The minimum atomic E-state index is -1.04.